The Morgan fingerprint density at radius 1 is 0.808 bits per heavy atom. The average Bonchev–Trinajstić information content (AvgIpc) is 2.72. The molecule has 0 bridgehead atoms. The van der Waals surface area contributed by atoms with Gasteiger partial charge in [-0.1, -0.05) is 54.5 Å². The zero-order chi connectivity index (χ0) is 18.0. The van der Waals surface area contributed by atoms with Crippen molar-refractivity contribution in [2.24, 2.45) is 4.99 Å². The third-order valence-corrected chi connectivity index (χ3v) is 3.62. The Morgan fingerprint density at radius 2 is 1.42 bits per heavy atom. The number of para-hydroxylation sites is 1. The standard InChI is InChI=1S/C23H19NO2/c1-25-21-14-16-22(17-15-21)26-18-8-13-23(19-9-4-2-5-10-19)24-20-11-6-3-7-12-20/h2-7,9-12,14-17H,18H2,1H3. The largest absolute Gasteiger partial charge is 0.497 e. The van der Waals surface area contributed by atoms with Crippen molar-refractivity contribution in [3.05, 3.63) is 90.5 Å². The molecule has 0 unspecified atom stereocenters. The van der Waals surface area contributed by atoms with Crippen molar-refractivity contribution >= 4 is 11.4 Å². The van der Waals surface area contributed by atoms with Gasteiger partial charge in [-0.05, 0) is 42.3 Å². The second-order valence-electron chi connectivity index (χ2n) is 5.43. The summed E-state index contributed by atoms with van der Waals surface area (Å²) in [7, 11) is 1.64. The number of ether oxygens (including phenoxy) is 2. The first-order chi connectivity index (χ1) is 12.8. The Labute approximate surface area is 153 Å². The Bertz CT molecular complexity index is 905. The minimum Gasteiger partial charge on any atom is -0.497 e. The van der Waals surface area contributed by atoms with Crippen LogP contribution in [0.5, 0.6) is 11.5 Å². The fraction of sp³-hybridized carbons (Fsp3) is 0.0870. The molecular weight excluding hydrogens is 322 g/mol. The van der Waals surface area contributed by atoms with E-state index in [0.29, 0.717) is 0 Å². The van der Waals surface area contributed by atoms with Crippen LogP contribution < -0.4 is 9.47 Å². The quantitative estimate of drug-likeness (QED) is 0.488. The van der Waals surface area contributed by atoms with Crippen LogP contribution in [0.1, 0.15) is 5.56 Å². The molecule has 0 saturated heterocycles. The van der Waals surface area contributed by atoms with Crippen LogP contribution in [0, 0.1) is 11.8 Å². The van der Waals surface area contributed by atoms with Crippen molar-refractivity contribution in [3.63, 3.8) is 0 Å². The van der Waals surface area contributed by atoms with Gasteiger partial charge in [0.25, 0.3) is 0 Å². The van der Waals surface area contributed by atoms with E-state index in [4.69, 9.17) is 9.47 Å². The van der Waals surface area contributed by atoms with E-state index in [1.165, 1.54) is 0 Å². The molecule has 3 aromatic rings. The molecule has 0 aliphatic heterocycles. The van der Waals surface area contributed by atoms with Gasteiger partial charge in [-0.3, -0.25) is 0 Å². The molecule has 0 N–H and O–H groups in total. The number of methoxy groups -OCH3 is 1. The summed E-state index contributed by atoms with van der Waals surface area (Å²) in [4.78, 5) is 4.67. The summed E-state index contributed by atoms with van der Waals surface area (Å²) in [5.74, 6) is 7.72. The van der Waals surface area contributed by atoms with Crippen LogP contribution in [-0.4, -0.2) is 19.4 Å². The zero-order valence-electron chi connectivity index (χ0n) is 14.6. The summed E-state index contributed by atoms with van der Waals surface area (Å²) in [6.07, 6.45) is 0. The molecule has 0 aromatic heterocycles. The first kappa shape index (κ1) is 17.3. The molecule has 0 heterocycles. The van der Waals surface area contributed by atoms with Gasteiger partial charge in [0.15, 0.2) is 0 Å². The number of nitrogens with zero attached hydrogens (tertiary/aromatic N) is 1. The van der Waals surface area contributed by atoms with E-state index in [1.54, 1.807) is 7.11 Å². The van der Waals surface area contributed by atoms with E-state index < -0.39 is 0 Å². The second kappa shape index (κ2) is 9.10. The van der Waals surface area contributed by atoms with Crippen molar-refractivity contribution in [2.75, 3.05) is 13.7 Å². The Balaban J connectivity index is 1.74. The summed E-state index contributed by atoms with van der Waals surface area (Å²) in [5.41, 5.74) is 2.57. The highest BCUT2D eigenvalue weighted by Gasteiger charge is 2.00. The molecular formula is C23H19NO2. The summed E-state index contributed by atoms with van der Waals surface area (Å²) < 4.78 is 10.8. The normalized spacial score (nSPS) is 10.6. The maximum Gasteiger partial charge on any atom is 0.149 e. The van der Waals surface area contributed by atoms with Crippen molar-refractivity contribution < 1.29 is 9.47 Å². The van der Waals surface area contributed by atoms with Gasteiger partial charge in [0.05, 0.1) is 12.8 Å². The van der Waals surface area contributed by atoms with Crippen LogP contribution in [0.25, 0.3) is 0 Å². The van der Waals surface area contributed by atoms with Crippen molar-refractivity contribution in [2.45, 2.75) is 0 Å². The summed E-state index contributed by atoms with van der Waals surface area (Å²) in [5, 5.41) is 0. The Morgan fingerprint density at radius 3 is 2.08 bits per heavy atom. The maximum atomic E-state index is 5.66. The smallest absolute Gasteiger partial charge is 0.149 e. The molecule has 26 heavy (non-hydrogen) atoms. The monoisotopic (exact) mass is 341 g/mol. The predicted octanol–water partition coefficient (Wildman–Crippen LogP) is 4.90. The number of rotatable bonds is 5. The average molecular weight is 341 g/mol. The first-order valence-electron chi connectivity index (χ1n) is 8.30. The number of hydrogen-bond acceptors (Lipinski definition) is 3. The molecule has 0 spiro atoms. The molecule has 3 aromatic carbocycles. The third-order valence-electron chi connectivity index (χ3n) is 3.62. The molecule has 3 rings (SSSR count). The van der Waals surface area contributed by atoms with Crippen molar-refractivity contribution in [1.82, 2.24) is 0 Å². The predicted molar refractivity (Wildman–Crippen MR) is 105 cm³/mol. The van der Waals surface area contributed by atoms with Gasteiger partial charge in [-0.25, -0.2) is 4.99 Å². The van der Waals surface area contributed by atoms with Gasteiger partial charge in [-0.2, -0.15) is 0 Å². The van der Waals surface area contributed by atoms with Gasteiger partial charge in [-0.15, -0.1) is 0 Å². The van der Waals surface area contributed by atoms with Gasteiger partial charge >= 0.3 is 0 Å². The minimum atomic E-state index is 0.285. The Kier molecular flexibility index (Phi) is 6.06. The highest BCUT2D eigenvalue weighted by Crippen LogP contribution is 2.17. The maximum absolute atomic E-state index is 5.66. The number of hydrogen-bond donors (Lipinski definition) is 0. The lowest BCUT2D eigenvalue weighted by molar-refractivity contribution is 0.368. The highest BCUT2D eigenvalue weighted by atomic mass is 16.5. The van der Waals surface area contributed by atoms with Crippen LogP contribution >= 0.6 is 0 Å². The molecule has 0 fully saturated rings. The Hall–Kier alpha value is -3.51. The molecule has 3 heteroatoms. The molecule has 0 radical (unpaired) electrons. The second-order valence-corrected chi connectivity index (χ2v) is 5.43. The number of benzene rings is 3. The lowest BCUT2D eigenvalue weighted by atomic mass is 10.1. The van der Waals surface area contributed by atoms with Crippen molar-refractivity contribution in [1.29, 1.82) is 0 Å². The van der Waals surface area contributed by atoms with E-state index in [9.17, 15) is 0 Å². The molecule has 0 aliphatic rings. The van der Waals surface area contributed by atoms with E-state index in [-0.39, 0.29) is 6.61 Å². The first-order valence-corrected chi connectivity index (χ1v) is 8.30. The molecule has 0 saturated carbocycles. The van der Waals surface area contributed by atoms with E-state index >= 15 is 0 Å². The molecule has 0 atom stereocenters. The zero-order valence-corrected chi connectivity index (χ0v) is 14.6. The van der Waals surface area contributed by atoms with Crippen LogP contribution in [0.15, 0.2) is 89.9 Å². The van der Waals surface area contributed by atoms with Gasteiger partial charge < -0.3 is 9.47 Å². The fourth-order valence-corrected chi connectivity index (χ4v) is 2.30. The lowest BCUT2D eigenvalue weighted by Gasteiger charge is -2.03. The summed E-state index contributed by atoms with van der Waals surface area (Å²) in [6.45, 7) is 0.285. The fourth-order valence-electron chi connectivity index (χ4n) is 2.30. The molecule has 0 aliphatic carbocycles. The molecule has 3 nitrogen and oxygen atoms in total. The minimum absolute atomic E-state index is 0.285. The van der Waals surface area contributed by atoms with E-state index in [2.05, 4.69) is 16.8 Å². The van der Waals surface area contributed by atoms with E-state index in [1.807, 2.05) is 84.9 Å². The van der Waals surface area contributed by atoms with Crippen LogP contribution in [0.3, 0.4) is 0 Å². The SMILES string of the molecule is COc1ccc(OCC#CC(=Nc2ccccc2)c2ccccc2)cc1. The lowest BCUT2D eigenvalue weighted by Crippen LogP contribution is -1.99. The van der Waals surface area contributed by atoms with E-state index in [0.717, 1.165) is 28.5 Å². The number of aliphatic imine (C=N–C) groups is 1. The van der Waals surface area contributed by atoms with Crippen LogP contribution in [0.2, 0.25) is 0 Å². The van der Waals surface area contributed by atoms with Gasteiger partial charge in [0.2, 0.25) is 0 Å². The summed E-state index contributed by atoms with van der Waals surface area (Å²) >= 11 is 0. The highest BCUT2D eigenvalue weighted by molar-refractivity contribution is 6.14. The molecule has 128 valence electrons. The van der Waals surface area contributed by atoms with Crippen molar-refractivity contribution in [3.8, 4) is 23.3 Å². The summed E-state index contributed by atoms with van der Waals surface area (Å²) in [6, 6.07) is 27.2. The third kappa shape index (κ3) is 4.99. The molecule has 0 amide bonds. The van der Waals surface area contributed by atoms with Crippen LogP contribution in [0.4, 0.5) is 5.69 Å². The topological polar surface area (TPSA) is 30.8 Å². The van der Waals surface area contributed by atoms with Gasteiger partial charge in [0, 0.05) is 5.56 Å². The van der Waals surface area contributed by atoms with Crippen LogP contribution in [-0.2, 0) is 0 Å². The van der Waals surface area contributed by atoms with Gasteiger partial charge in [0.1, 0.15) is 23.8 Å².